The van der Waals surface area contributed by atoms with Gasteiger partial charge in [0.25, 0.3) is 5.91 Å². The zero-order valence-electron chi connectivity index (χ0n) is 23.0. The number of hydrogen-bond acceptors (Lipinski definition) is 6. The molecule has 1 aliphatic heterocycles. The highest BCUT2D eigenvalue weighted by molar-refractivity contribution is 6.03. The number of ether oxygens (including phenoxy) is 2. The van der Waals surface area contributed by atoms with Crippen molar-refractivity contribution in [2.75, 3.05) is 13.2 Å². The van der Waals surface area contributed by atoms with Crippen molar-refractivity contribution in [2.45, 2.75) is 90.9 Å². The zero-order valence-corrected chi connectivity index (χ0v) is 23.0. The average molecular weight is 523 g/mol. The van der Waals surface area contributed by atoms with Gasteiger partial charge in [-0.05, 0) is 37.1 Å². The topological polar surface area (TPSA) is 94.4 Å². The summed E-state index contributed by atoms with van der Waals surface area (Å²) in [5, 5.41) is 7.05. The van der Waals surface area contributed by atoms with E-state index in [1.165, 1.54) is 51.4 Å². The Morgan fingerprint density at radius 2 is 1.05 bits per heavy atom. The second-order valence-electron chi connectivity index (χ2n) is 9.38. The van der Waals surface area contributed by atoms with Gasteiger partial charge in [0, 0.05) is 0 Å². The summed E-state index contributed by atoms with van der Waals surface area (Å²) in [5.74, 6) is -1.13. The van der Waals surface area contributed by atoms with Gasteiger partial charge >= 0.3 is 11.9 Å². The first-order valence-electron chi connectivity index (χ1n) is 14.1. The largest absolute Gasteiger partial charge is 0.462 e. The summed E-state index contributed by atoms with van der Waals surface area (Å²) in [4.78, 5) is 35.5. The predicted molar refractivity (Wildman–Crippen MR) is 149 cm³/mol. The van der Waals surface area contributed by atoms with Crippen LogP contribution in [0, 0.1) is 0 Å². The molecular weight excluding hydrogens is 480 g/mol. The minimum Gasteiger partial charge on any atom is -0.462 e. The maximum atomic E-state index is 12.4. The van der Waals surface area contributed by atoms with Crippen molar-refractivity contribution in [1.29, 1.82) is 0 Å². The summed E-state index contributed by atoms with van der Waals surface area (Å²) < 4.78 is 10.7. The first-order chi connectivity index (χ1) is 18.6. The Labute approximate surface area is 227 Å². The minimum atomic E-state index is -0.444. The maximum Gasteiger partial charge on any atom is 0.339 e. The summed E-state index contributed by atoms with van der Waals surface area (Å²) in [5.41, 5.74) is 1.86. The molecule has 1 aliphatic rings. The Bertz CT molecular complexity index is 985. The Morgan fingerprint density at radius 3 is 1.55 bits per heavy atom. The maximum absolute atomic E-state index is 12.4. The molecule has 38 heavy (non-hydrogen) atoms. The smallest absolute Gasteiger partial charge is 0.339 e. The number of amides is 1. The van der Waals surface area contributed by atoms with Crippen LogP contribution in [0.1, 0.15) is 122 Å². The molecule has 0 unspecified atom stereocenters. The SMILES string of the molecule is CCCCCCCCOC(=O)c1ccccc1C(=O)OCCCCCCCC.O=C1N=Nc2ccccc21. The van der Waals surface area contributed by atoms with Crippen molar-refractivity contribution in [2.24, 2.45) is 10.2 Å². The molecule has 0 aliphatic carbocycles. The second-order valence-corrected chi connectivity index (χ2v) is 9.38. The first kappa shape index (κ1) is 30.9. The van der Waals surface area contributed by atoms with Gasteiger partial charge in [-0.2, -0.15) is 0 Å². The third-order valence-corrected chi connectivity index (χ3v) is 6.21. The van der Waals surface area contributed by atoms with E-state index in [9.17, 15) is 14.4 Å². The van der Waals surface area contributed by atoms with E-state index in [4.69, 9.17) is 9.47 Å². The van der Waals surface area contributed by atoms with E-state index < -0.39 is 11.9 Å². The normalized spacial score (nSPS) is 11.5. The fourth-order valence-corrected chi connectivity index (χ4v) is 3.98. The highest BCUT2D eigenvalue weighted by Gasteiger charge is 2.19. The number of benzene rings is 2. The fraction of sp³-hybridized carbons (Fsp3) is 0.516. The van der Waals surface area contributed by atoms with E-state index in [2.05, 4.69) is 24.1 Å². The third kappa shape index (κ3) is 11.4. The minimum absolute atomic E-state index is 0.240. The molecular formula is C31H42N2O5. The molecule has 0 bridgehead atoms. The van der Waals surface area contributed by atoms with Crippen LogP contribution in [0.2, 0.25) is 0 Å². The number of carbonyl (C=O) groups excluding carboxylic acids is 3. The summed E-state index contributed by atoms with van der Waals surface area (Å²) in [6, 6.07) is 13.9. The fourth-order valence-electron chi connectivity index (χ4n) is 3.98. The summed E-state index contributed by atoms with van der Waals surface area (Å²) in [7, 11) is 0. The molecule has 0 saturated heterocycles. The number of hydrogen-bond donors (Lipinski definition) is 0. The van der Waals surface area contributed by atoms with Crippen LogP contribution < -0.4 is 0 Å². The molecule has 0 fully saturated rings. The van der Waals surface area contributed by atoms with Crippen LogP contribution in [-0.4, -0.2) is 31.1 Å². The van der Waals surface area contributed by atoms with Crippen LogP contribution in [-0.2, 0) is 9.47 Å². The summed E-state index contributed by atoms with van der Waals surface area (Å²) in [6.07, 6.45) is 13.6. The van der Waals surface area contributed by atoms with E-state index >= 15 is 0 Å². The zero-order chi connectivity index (χ0) is 27.4. The van der Waals surface area contributed by atoms with Crippen LogP contribution >= 0.6 is 0 Å². The van der Waals surface area contributed by atoms with Gasteiger partial charge in [0.15, 0.2) is 0 Å². The molecule has 2 aromatic rings. The molecule has 7 nitrogen and oxygen atoms in total. The molecule has 1 heterocycles. The lowest BCUT2D eigenvalue weighted by Gasteiger charge is -2.10. The van der Waals surface area contributed by atoms with Gasteiger partial charge in [0.1, 0.15) is 0 Å². The van der Waals surface area contributed by atoms with Gasteiger partial charge in [-0.15, -0.1) is 10.2 Å². The van der Waals surface area contributed by atoms with Crippen LogP contribution in [0.4, 0.5) is 5.69 Å². The second kappa shape index (κ2) is 18.8. The molecule has 0 N–H and O–H groups in total. The number of fused-ring (bicyclic) bond motifs is 1. The molecule has 206 valence electrons. The van der Waals surface area contributed by atoms with Gasteiger partial charge in [0.05, 0.1) is 35.6 Å². The van der Waals surface area contributed by atoms with Crippen molar-refractivity contribution in [3.8, 4) is 0 Å². The van der Waals surface area contributed by atoms with Crippen LogP contribution in [0.3, 0.4) is 0 Å². The Hall–Kier alpha value is -3.35. The molecule has 7 heteroatoms. The molecule has 0 spiro atoms. The van der Waals surface area contributed by atoms with E-state index in [1.54, 1.807) is 42.5 Å². The van der Waals surface area contributed by atoms with Crippen LogP contribution in [0.15, 0.2) is 58.8 Å². The van der Waals surface area contributed by atoms with Crippen molar-refractivity contribution < 1.29 is 23.9 Å². The van der Waals surface area contributed by atoms with Gasteiger partial charge in [-0.3, -0.25) is 4.79 Å². The molecule has 1 amide bonds. The number of carbonyl (C=O) groups is 3. The van der Waals surface area contributed by atoms with Crippen molar-refractivity contribution in [1.82, 2.24) is 0 Å². The number of rotatable bonds is 16. The Morgan fingerprint density at radius 1 is 0.605 bits per heavy atom. The monoisotopic (exact) mass is 522 g/mol. The third-order valence-electron chi connectivity index (χ3n) is 6.21. The standard InChI is InChI=1S/C24H38O4.C7H4N2O/c1-3-5-7-9-11-15-19-27-23(25)21-17-13-14-18-22(21)24(26)28-20-16-12-10-8-6-4-2;10-7-5-3-1-2-4-6(5)8-9-7/h13-14,17-18H,3-12,15-16,19-20H2,1-2H3;1-4H. The lowest BCUT2D eigenvalue weighted by atomic mass is 10.1. The first-order valence-corrected chi connectivity index (χ1v) is 14.1. The van der Waals surface area contributed by atoms with E-state index in [1.807, 2.05) is 6.07 Å². The Kier molecular flexibility index (Phi) is 15.3. The van der Waals surface area contributed by atoms with E-state index in [-0.39, 0.29) is 5.91 Å². The van der Waals surface area contributed by atoms with Crippen molar-refractivity contribution in [3.63, 3.8) is 0 Å². The predicted octanol–water partition coefficient (Wildman–Crippen LogP) is 8.65. The van der Waals surface area contributed by atoms with E-state index in [0.717, 1.165) is 25.7 Å². The number of unbranched alkanes of at least 4 members (excludes halogenated alkanes) is 10. The molecule has 2 aromatic carbocycles. The Balaban J connectivity index is 0.000000415. The van der Waals surface area contributed by atoms with Gasteiger partial charge in [0.2, 0.25) is 0 Å². The van der Waals surface area contributed by atoms with Gasteiger partial charge < -0.3 is 9.47 Å². The van der Waals surface area contributed by atoms with Gasteiger partial charge in [-0.25, -0.2) is 9.59 Å². The summed E-state index contributed by atoms with van der Waals surface area (Å²) in [6.45, 7) is 5.17. The quantitative estimate of drug-likeness (QED) is 0.162. The lowest BCUT2D eigenvalue weighted by Crippen LogP contribution is -2.15. The molecule has 0 saturated carbocycles. The number of esters is 2. The van der Waals surface area contributed by atoms with Crippen molar-refractivity contribution in [3.05, 3.63) is 65.2 Å². The molecule has 0 radical (unpaired) electrons. The van der Waals surface area contributed by atoms with E-state index in [0.29, 0.717) is 35.6 Å². The molecule has 0 aromatic heterocycles. The number of azo groups is 1. The molecule has 0 atom stereocenters. The van der Waals surface area contributed by atoms with Crippen molar-refractivity contribution >= 4 is 23.5 Å². The summed E-state index contributed by atoms with van der Waals surface area (Å²) >= 11 is 0. The highest BCUT2D eigenvalue weighted by atomic mass is 16.5. The van der Waals surface area contributed by atoms with Gasteiger partial charge in [-0.1, -0.05) is 102 Å². The van der Waals surface area contributed by atoms with Crippen LogP contribution in [0.25, 0.3) is 0 Å². The molecule has 3 rings (SSSR count). The average Bonchev–Trinajstić information content (AvgIpc) is 3.33. The highest BCUT2D eigenvalue weighted by Crippen LogP contribution is 2.25. The number of nitrogens with zero attached hydrogens (tertiary/aromatic N) is 2. The lowest BCUT2D eigenvalue weighted by molar-refractivity contribution is 0.0450. The van der Waals surface area contributed by atoms with Crippen LogP contribution in [0.5, 0.6) is 0 Å².